The lowest BCUT2D eigenvalue weighted by Crippen LogP contribution is -2.26. The minimum Gasteiger partial charge on any atom is -0.283 e. The van der Waals surface area contributed by atoms with Gasteiger partial charge < -0.3 is 0 Å². The first-order valence-corrected chi connectivity index (χ1v) is 7.52. The molecule has 0 fully saturated rings. The quantitative estimate of drug-likeness (QED) is 0.872. The summed E-state index contributed by atoms with van der Waals surface area (Å²) in [7, 11) is -3.44. The summed E-state index contributed by atoms with van der Waals surface area (Å²) < 4.78 is 26.8. The molecule has 19 heavy (non-hydrogen) atoms. The van der Waals surface area contributed by atoms with Crippen LogP contribution in [0.15, 0.2) is 35.4 Å². The van der Waals surface area contributed by atoms with Gasteiger partial charge in [0.25, 0.3) is 0 Å². The van der Waals surface area contributed by atoms with E-state index >= 15 is 0 Å². The van der Waals surface area contributed by atoms with E-state index < -0.39 is 10.0 Å². The fraction of sp³-hybridized carbons (Fsp3) is 0.308. The van der Waals surface area contributed by atoms with Crippen molar-refractivity contribution in [2.75, 3.05) is 6.54 Å². The highest BCUT2D eigenvalue weighted by molar-refractivity contribution is 7.89. The number of benzene rings is 1. The van der Waals surface area contributed by atoms with E-state index in [1.807, 2.05) is 26.0 Å². The van der Waals surface area contributed by atoms with E-state index in [0.29, 0.717) is 17.9 Å². The molecule has 0 atom stereocenters. The average Bonchev–Trinajstić information content (AvgIpc) is 2.85. The first-order chi connectivity index (χ1) is 8.99. The summed E-state index contributed by atoms with van der Waals surface area (Å²) in [5.41, 5.74) is 2.95. The van der Waals surface area contributed by atoms with Crippen LogP contribution in [0, 0.1) is 13.8 Å². The molecular formula is C13H17N3O2S. The van der Waals surface area contributed by atoms with E-state index in [1.165, 1.54) is 0 Å². The topological polar surface area (TPSA) is 74.8 Å². The van der Waals surface area contributed by atoms with Gasteiger partial charge in [0, 0.05) is 24.9 Å². The standard InChI is InChI=1S/C13H17N3O2S/c1-10-3-4-13(9-11(10)2)19(17,18)15-8-6-12-5-7-14-16-12/h3-5,7,9,15H,6,8H2,1-2H3,(H,14,16). The molecule has 0 aliphatic carbocycles. The molecule has 0 aliphatic heterocycles. The van der Waals surface area contributed by atoms with Crippen LogP contribution in [0.25, 0.3) is 0 Å². The van der Waals surface area contributed by atoms with Crippen LogP contribution in [-0.2, 0) is 16.4 Å². The highest BCUT2D eigenvalue weighted by Crippen LogP contribution is 2.14. The lowest BCUT2D eigenvalue weighted by molar-refractivity contribution is 0.581. The number of hydrogen-bond acceptors (Lipinski definition) is 3. The maximum absolute atomic E-state index is 12.1. The molecule has 5 nitrogen and oxygen atoms in total. The zero-order chi connectivity index (χ0) is 13.9. The van der Waals surface area contributed by atoms with Gasteiger partial charge in [-0.3, -0.25) is 5.10 Å². The Balaban J connectivity index is 2.03. The summed E-state index contributed by atoms with van der Waals surface area (Å²) in [6, 6.07) is 6.96. The lowest BCUT2D eigenvalue weighted by atomic mass is 10.1. The van der Waals surface area contributed by atoms with Gasteiger partial charge in [-0.2, -0.15) is 5.10 Å². The summed E-state index contributed by atoms with van der Waals surface area (Å²) in [6.07, 6.45) is 2.23. The Morgan fingerprint density at radius 1 is 1.21 bits per heavy atom. The van der Waals surface area contributed by atoms with Gasteiger partial charge >= 0.3 is 0 Å². The third-order valence-electron chi connectivity index (χ3n) is 3.03. The van der Waals surface area contributed by atoms with Crippen molar-refractivity contribution in [1.29, 1.82) is 0 Å². The second-order valence-electron chi connectivity index (χ2n) is 4.48. The van der Waals surface area contributed by atoms with Crippen molar-refractivity contribution in [3.63, 3.8) is 0 Å². The highest BCUT2D eigenvalue weighted by Gasteiger charge is 2.13. The van der Waals surface area contributed by atoms with Crippen molar-refractivity contribution < 1.29 is 8.42 Å². The van der Waals surface area contributed by atoms with E-state index in [-0.39, 0.29) is 0 Å². The minimum absolute atomic E-state index is 0.306. The molecular weight excluding hydrogens is 262 g/mol. The molecule has 0 saturated heterocycles. The van der Waals surface area contributed by atoms with Crippen LogP contribution in [0.4, 0.5) is 0 Å². The average molecular weight is 279 g/mol. The van der Waals surface area contributed by atoms with Crippen molar-refractivity contribution >= 4 is 10.0 Å². The van der Waals surface area contributed by atoms with E-state index in [0.717, 1.165) is 16.8 Å². The molecule has 0 bridgehead atoms. The molecule has 0 spiro atoms. The molecule has 0 radical (unpaired) electrons. The highest BCUT2D eigenvalue weighted by atomic mass is 32.2. The van der Waals surface area contributed by atoms with Crippen LogP contribution in [0.2, 0.25) is 0 Å². The van der Waals surface area contributed by atoms with Crippen LogP contribution in [0.1, 0.15) is 16.8 Å². The second-order valence-corrected chi connectivity index (χ2v) is 6.24. The molecule has 1 heterocycles. The third-order valence-corrected chi connectivity index (χ3v) is 4.49. The molecule has 2 N–H and O–H groups in total. The zero-order valence-corrected chi connectivity index (χ0v) is 11.8. The van der Waals surface area contributed by atoms with Crippen molar-refractivity contribution in [3.05, 3.63) is 47.3 Å². The summed E-state index contributed by atoms with van der Waals surface area (Å²) in [6.45, 7) is 4.20. The van der Waals surface area contributed by atoms with Crippen molar-refractivity contribution in [3.8, 4) is 0 Å². The van der Waals surface area contributed by atoms with Gasteiger partial charge in [0.2, 0.25) is 10.0 Å². The fourth-order valence-electron chi connectivity index (χ4n) is 1.71. The van der Waals surface area contributed by atoms with Crippen LogP contribution in [0.3, 0.4) is 0 Å². The molecule has 0 aliphatic rings. The van der Waals surface area contributed by atoms with E-state index in [1.54, 1.807) is 18.3 Å². The predicted octanol–water partition coefficient (Wildman–Crippen LogP) is 1.55. The Morgan fingerprint density at radius 2 is 2.00 bits per heavy atom. The van der Waals surface area contributed by atoms with Gasteiger partial charge in [0.05, 0.1) is 4.90 Å². The van der Waals surface area contributed by atoms with Gasteiger partial charge in [0.15, 0.2) is 0 Å². The SMILES string of the molecule is Cc1ccc(S(=O)(=O)NCCc2ccn[nH]2)cc1C. The summed E-state index contributed by atoms with van der Waals surface area (Å²) in [4.78, 5) is 0.306. The number of aryl methyl sites for hydroxylation is 2. The molecule has 2 aromatic rings. The molecule has 0 saturated carbocycles. The number of aromatic amines is 1. The van der Waals surface area contributed by atoms with E-state index in [2.05, 4.69) is 14.9 Å². The second kappa shape index (κ2) is 5.54. The summed E-state index contributed by atoms with van der Waals surface area (Å²) in [5, 5.41) is 6.61. The number of nitrogens with zero attached hydrogens (tertiary/aromatic N) is 1. The Morgan fingerprint density at radius 3 is 2.63 bits per heavy atom. The van der Waals surface area contributed by atoms with Crippen molar-refractivity contribution in [1.82, 2.24) is 14.9 Å². The van der Waals surface area contributed by atoms with Gasteiger partial charge in [-0.05, 0) is 43.2 Å². The van der Waals surface area contributed by atoms with Crippen molar-refractivity contribution in [2.45, 2.75) is 25.2 Å². The number of aromatic nitrogens is 2. The zero-order valence-electron chi connectivity index (χ0n) is 11.0. The van der Waals surface area contributed by atoms with Gasteiger partial charge in [-0.1, -0.05) is 6.07 Å². The molecule has 1 aromatic carbocycles. The molecule has 2 rings (SSSR count). The van der Waals surface area contributed by atoms with E-state index in [9.17, 15) is 8.42 Å². The van der Waals surface area contributed by atoms with Crippen LogP contribution in [0.5, 0.6) is 0 Å². The lowest BCUT2D eigenvalue weighted by Gasteiger charge is -2.08. The first kappa shape index (κ1) is 13.8. The maximum Gasteiger partial charge on any atom is 0.240 e. The van der Waals surface area contributed by atoms with E-state index in [4.69, 9.17) is 0 Å². The number of H-pyrrole nitrogens is 1. The number of rotatable bonds is 5. The molecule has 1 aromatic heterocycles. The Bertz CT molecular complexity index is 649. The van der Waals surface area contributed by atoms with Gasteiger partial charge in [-0.25, -0.2) is 13.1 Å². The number of hydrogen-bond donors (Lipinski definition) is 2. The molecule has 102 valence electrons. The third kappa shape index (κ3) is 3.42. The van der Waals surface area contributed by atoms with Crippen molar-refractivity contribution in [2.24, 2.45) is 0 Å². The minimum atomic E-state index is -3.44. The Kier molecular flexibility index (Phi) is 4.01. The van der Waals surface area contributed by atoms with Gasteiger partial charge in [0.1, 0.15) is 0 Å². The largest absolute Gasteiger partial charge is 0.283 e. The number of sulfonamides is 1. The smallest absolute Gasteiger partial charge is 0.240 e. The number of nitrogens with one attached hydrogen (secondary N) is 2. The Hall–Kier alpha value is -1.66. The summed E-state index contributed by atoms with van der Waals surface area (Å²) >= 11 is 0. The summed E-state index contributed by atoms with van der Waals surface area (Å²) in [5.74, 6) is 0. The van der Waals surface area contributed by atoms with Crippen LogP contribution < -0.4 is 4.72 Å². The Labute approximate surface area is 113 Å². The molecule has 0 amide bonds. The molecule has 0 unspecified atom stereocenters. The fourth-order valence-corrected chi connectivity index (χ4v) is 2.82. The maximum atomic E-state index is 12.1. The molecule has 6 heteroatoms. The first-order valence-electron chi connectivity index (χ1n) is 6.04. The van der Waals surface area contributed by atoms with Crippen LogP contribution >= 0.6 is 0 Å². The van der Waals surface area contributed by atoms with Crippen LogP contribution in [-0.4, -0.2) is 25.2 Å². The predicted molar refractivity (Wildman–Crippen MR) is 73.4 cm³/mol. The normalized spacial score (nSPS) is 11.7. The van der Waals surface area contributed by atoms with Gasteiger partial charge in [-0.15, -0.1) is 0 Å². The monoisotopic (exact) mass is 279 g/mol.